The molecule has 0 bridgehead atoms. The summed E-state index contributed by atoms with van der Waals surface area (Å²) in [4.78, 5) is 18.6. The predicted molar refractivity (Wildman–Crippen MR) is 156 cm³/mol. The minimum absolute atomic E-state index is 0.0936. The molecule has 6 nitrogen and oxygen atoms in total. The quantitative estimate of drug-likeness (QED) is 0.284. The molecule has 1 aliphatic heterocycles. The number of hydrogen-bond donors (Lipinski definition) is 2. The molecule has 2 aliphatic rings. The van der Waals surface area contributed by atoms with Gasteiger partial charge in [-0.15, -0.1) is 0 Å². The minimum Gasteiger partial charge on any atom is -0.396 e. The van der Waals surface area contributed by atoms with Gasteiger partial charge in [-0.25, -0.2) is 0 Å². The van der Waals surface area contributed by atoms with Gasteiger partial charge in [0.15, 0.2) is 5.78 Å². The maximum Gasteiger partial charge on any atom is 0.175 e. The standard InChI is InChI=1S/C23H33N3O2.C8H18O/c1-15-6-4-9-21(16(15)2)26-12-10-18(11-13-26)22(28)14-25-20-8-5-7-19(20)23(24)17(3)27;1-3-5-6-8-9-7-4-2/h4,6,9,18,22,28H,5,7-8,10-14,24H2,1-3H3;3-8H2,1-2H3/b23-19-,25-20?;. The van der Waals surface area contributed by atoms with Crippen LogP contribution >= 0.6 is 0 Å². The summed E-state index contributed by atoms with van der Waals surface area (Å²) in [6.07, 6.45) is 9.12. The molecule has 0 spiro atoms. The number of hydrogen-bond acceptors (Lipinski definition) is 6. The van der Waals surface area contributed by atoms with E-state index in [2.05, 4.69) is 55.8 Å². The highest BCUT2D eigenvalue weighted by atomic mass is 16.5. The van der Waals surface area contributed by atoms with Gasteiger partial charge >= 0.3 is 0 Å². The van der Waals surface area contributed by atoms with Crippen LogP contribution in [0.5, 0.6) is 0 Å². The molecule has 0 amide bonds. The Morgan fingerprint density at radius 1 is 1.14 bits per heavy atom. The van der Waals surface area contributed by atoms with Gasteiger partial charge < -0.3 is 20.5 Å². The van der Waals surface area contributed by atoms with Gasteiger partial charge in [-0.1, -0.05) is 38.8 Å². The molecule has 3 N–H and O–H groups in total. The number of Topliss-reactive ketones (excluding diaryl/α,β-unsaturated/α-hetero) is 1. The third kappa shape index (κ3) is 9.90. The van der Waals surface area contributed by atoms with Gasteiger partial charge in [0.1, 0.15) is 0 Å². The number of rotatable bonds is 11. The molecule has 0 aromatic heterocycles. The Morgan fingerprint density at radius 2 is 1.86 bits per heavy atom. The molecule has 37 heavy (non-hydrogen) atoms. The average molecular weight is 514 g/mol. The zero-order valence-corrected chi connectivity index (χ0v) is 24.0. The smallest absolute Gasteiger partial charge is 0.175 e. The molecule has 1 aromatic carbocycles. The molecule has 6 heteroatoms. The van der Waals surface area contributed by atoms with E-state index < -0.39 is 6.10 Å². The number of piperidine rings is 1. The van der Waals surface area contributed by atoms with E-state index in [9.17, 15) is 9.90 Å². The Labute approximate surface area is 225 Å². The number of allylic oxidation sites excluding steroid dienone is 2. The van der Waals surface area contributed by atoms with E-state index in [-0.39, 0.29) is 11.7 Å². The number of anilines is 1. The van der Waals surface area contributed by atoms with Crippen molar-refractivity contribution in [1.29, 1.82) is 0 Å². The second-order valence-corrected chi connectivity index (χ2v) is 10.5. The van der Waals surface area contributed by atoms with Crippen LogP contribution in [-0.2, 0) is 9.53 Å². The maximum absolute atomic E-state index is 11.6. The lowest BCUT2D eigenvalue weighted by Crippen LogP contribution is -2.39. The fourth-order valence-electron chi connectivity index (χ4n) is 5.06. The normalized spacial score (nSPS) is 19.5. The predicted octanol–water partition coefficient (Wildman–Crippen LogP) is 5.91. The molecular formula is C31H51N3O3. The van der Waals surface area contributed by atoms with Crippen LogP contribution in [0.3, 0.4) is 0 Å². The van der Waals surface area contributed by atoms with E-state index >= 15 is 0 Å². The topological polar surface area (TPSA) is 88.2 Å². The number of aliphatic hydroxyl groups excluding tert-OH is 1. The largest absolute Gasteiger partial charge is 0.396 e. The molecule has 1 atom stereocenters. The third-order valence-corrected chi connectivity index (χ3v) is 7.60. The number of nitrogens with zero attached hydrogens (tertiary/aromatic N) is 2. The summed E-state index contributed by atoms with van der Waals surface area (Å²) in [6.45, 7) is 14.4. The second-order valence-electron chi connectivity index (χ2n) is 10.5. The highest BCUT2D eigenvalue weighted by Crippen LogP contribution is 2.29. The van der Waals surface area contributed by atoms with Gasteiger partial charge in [0.05, 0.1) is 18.3 Å². The number of benzene rings is 1. The van der Waals surface area contributed by atoms with Crippen molar-refractivity contribution in [3.63, 3.8) is 0 Å². The number of ether oxygens (including phenoxy) is 1. The van der Waals surface area contributed by atoms with E-state index in [1.807, 2.05) is 0 Å². The van der Waals surface area contributed by atoms with Crippen molar-refractivity contribution in [2.45, 2.75) is 98.5 Å². The first-order chi connectivity index (χ1) is 17.8. The Kier molecular flexibility index (Phi) is 13.9. The monoisotopic (exact) mass is 513 g/mol. The third-order valence-electron chi connectivity index (χ3n) is 7.60. The van der Waals surface area contributed by atoms with Gasteiger partial charge in [-0.05, 0) is 87.5 Å². The summed E-state index contributed by atoms with van der Waals surface area (Å²) in [6, 6.07) is 6.46. The lowest BCUT2D eigenvalue weighted by Gasteiger charge is -2.36. The zero-order valence-electron chi connectivity index (χ0n) is 24.0. The van der Waals surface area contributed by atoms with Crippen molar-refractivity contribution in [3.05, 3.63) is 40.6 Å². The maximum atomic E-state index is 11.6. The summed E-state index contributed by atoms with van der Waals surface area (Å²) >= 11 is 0. The number of carbonyl (C=O) groups excluding carboxylic acids is 1. The molecule has 3 rings (SSSR count). The Bertz CT molecular complexity index is 895. The SMILES string of the molecule is CC(=O)/C(N)=C1\CCCC1=NCC(O)C1CCN(c2cccc(C)c2C)CC1.CCCCCOCCC. The van der Waals surface area contributed by atoms with Gasteiger partial charge in [0.2, 0.25) is 0 Å². The van der Waals surface area contributed by atoms with E-state index in [1.165, 1.54) is 43.0 Å². The first-order valence-corrected chi connectivity index (χ1v) is 14.4. The number of carbonyl (C=O) groups is 1. The van der Waals surface area contributed by atoms with Crippen LogP contribution in [0.2, 0.25) is 0 Å². The summed E-state index contributed by atoms with van der Waals surface area (Å²) in [5.41, 5.74) is 12.1. The molecule has 1 aromatic rings. The van der Waals surface area contributed by atoms with Gasteiger partial charge in [-0.3, -0.25) is 9.79 Å². The van der Waals surface area contributed by atoms with Crippen molar-refractivity contribution >= 4 is 17.2 Å². The van der Waals surface area contributed by atoms with Gasteiger partial charge in [0.25, 0.3) is 0 Å². The minimum atomic E-state index is -0.436. The fourth-order valence-corrected chi connectivity index (χ4v) is 5.06. The number of unbranched alkanes of at least 4 members (excludes halogenated alkanes) is 2. The van der Waals surface area contributed by atoms with Crippen LogP contribution in [0, 0.1) is 19.8 Å². The van der Waals surface area contributed by atoms with Crippen LogP contribution in [0.15, 0.2) is 34.5 Å². The number of aryl methyl sites for hydroxylation is 1. The summed E-state index contributed by atoms with van der Waals surface area (Å²) in [5.74, 6) is 0.175. The van der Waals surface area contributed by atoms with Crippen molar-refractivity contribution in [3.8, 4) is 0 Å². The molecule has 208 valence electrons. The molecule has 1 saturated heterocycles. The highest BCUT2D eigenvalue weighted by molar-refractivity contribution is 6.08. The molecule has 1 aliphatic carbocycles. The second kappa shape index (κ2) is 16.6. The first kappa shape index (κ1) is 31.0. The van der Waals surface area contributed by atoms with Gasteiger partial charge in [-0.2, -0.15) is 0 Å². The number of aliphatic imine (C=N–C) groups is 1. The zero-order chi connectivity index (χ0) is 27.2. The van der Waals surface area contributed by atoms with Crippen LogP contribution in [0.1, 0.15) is 89.7 Å². The Hall–Kier alpha value is -2.18. The van der Waals surface area contributed by atoms with Crippen LogP contribution < -0.4 is 10.6 Å². The number of aliphatic hydroxyl groups is 1. The van der Waals surface area contributed by atoms with E-state index in [4.69, 9.17) is 10.5 Å². The van der Waals surface area contributed by atoms with Gasteiger partial charge in [0, 0.05) is 44.6 Å². The number of ketones is 1. The summed E-state index contributed by atoms with van der Waals surface area (Å²) < 4.78 is 5.28. The van der Waals surface area contributed by atoms with E-state index in [1.54, 1.807) is 0 Å². The highest BCUT2D eigenvalue weighted by Gasteiger charge is 2.27. The van der Waals surface area contributed by atoms with Crippen molar-refractivity contribution < 1.29 is 14.6 Å². The molecule has 1 heterocycles. The summed E-state index contributed by atoms with van der Waals surface area (Å²) in [7, 11) is 0. The number of nitrogens with two attached hydrogens (primary N) is 1. The fraction of sp³-hybridized carbons (Fsp3) is 0.677. The van der Waals surface area contributed by atoms with Crippen molar-refractivity contribution in [2.75, 3.05) is 37.7 Å². The summed E-state index contributed by atoms with van der Waals surface area (Å²) in [5, 5.41) is 10.7. The molecule has 1 unspecified atom stereocenters. The van der Waals surface area contributed by atoms with Crippen LogP contribution in [-0.4, -0.2) is 55.6 Å². The molecule has 1 saturated carbocycles. The lowest BCUT2D eigenvalue weighted by molar-refractivity contribution is -0.113. The van der Waals surface area contributed by atoms with E-state index in [0.717, 1.165) is 76.1 Å². The molecular weight excluding hydrogens is 462 g/mol. The van der Waals surface area contributed by atoms with Crippen molar-refractivity contribution in [2.24, 2.45) is 16.6 Å². The first-order valence-electron chi connectivity index (χ1n) is 14.4. The molecule has 0 radical (unpaired) electrons. The van der Waals surface area contributed by atoms with E-state index in [0.29, 0.717) is 12.2 Å². The van der Waals surface area contributed by atoms with Crippen molar-refractivity contribution in [1.82, 2.24) is 0 Å². The lowest BCUT2D eigenvalue weighted by atomic mass is 9.90. The van der Waals surface area contributed by atoms with Crippen LogP contribution in [0.4, 0.5) is 5.69 Å². The molecule has 2 fully saturated rings. The Morgan fingerprint density at radius 3 is 2.51 bits per heavy atom. The van der Waals surface area contributed by atoms with Crippen LogP contribution in [0.25, 0.3) is 0 Å². The Balaban J connectivity index is 0.000000458. The average Bonchev–Trinajstić information content (AvgIpc) is 3.37.